The second kappa shape index (κ2) is 12.4. The van der Waals surface area contributed by atoms with E-state index in [1.54, 1.807) is 66.7 Å². The predicted octanol–water partition coefficient (Wildman–Crippen LogP) is 7.09. The van der Waals surface area contributed by atoms with E-state index >= 15 is 0 Å². The fraction of sp³-hybridized carbons (Fsp3) is 0.0286. The number of ketones is 2. The highest BCUT2D eigenvalue weighted by Gasteiger charge is 2.32. The van der Waals surface area contributed by atoms with Crippen molar-refractivity contribution in [2.45, 2.75) is 10.1 Å². The van der Waals surface area contributed by atoms with Crippen LogP contribution < -0.4 is 10.6 Å². The quantitative estimate of drug-likeness (QED) is 0.106. The fourth-order valence-electron chi connectivity index (χ4n) is 5.07. The molecule has 0 spiro atoms. The van der Waals surface area contributed by atoms with Gasteiger partial charge in [-0.1, -0.05) is 72.8 Å². The van der Waals surface area contributed by atoms with Gasteiger partial charge < -0.3 is 10.6 Å². The van der Waals surface area contributed by atoms with Crippen molar-refractivity contribution in [3.05, 3.63) is 165 Å². The van der Waals surface area contributed by atoms with Crippen molar-refractivity contribution >= 4 is 52.2 Å². The molecule has 0 aliphatic heterocycles. The zero-order valence-corrected chi connectivity index (χ0v) is 24.2. The lowest BCUT2D eigenvalue weighted by Gasteiger charge is -2.22. The molecule has 0 bridgehead atoms. The first-order chi connectivity index (χ1) is 21.8. The summed E-state index contributed by atoms with van der Waals surface area (Å²) in [5, 5.41) is 15.9. The van der Waals surface area contributed by atoms with E-state index in [9.17, 15) is 29.3 Å². The number of nitrogens with zero attached hydrogens (tertiary/aromatic N) is 1. The van der Waals surface area contributed by atoms with Crippen molar-refractivity contribution < 1.29 is 24.1 Å². The molecule has 1 atom stereocenters. The van der Waals surface area contributed by atoms with Gasteiger partial charge in [0.25, 0.3) is 11.6 Å². The average Bonchev–Trinajstić information content (AvgIpc) is 3.06. The van der Waals surface area contributed by atoms with Crippen LogP contribution in [0.25, 0.3) is 0 Å². The number of nitro groups is 1. The summed E-state index contributed by atoms with van der Waals surface area (Å²) in [7, 11) is 0. The summed E-state index contributed by atoms with van der Waals surface area (Å²) in [4.78, 5) is 64.5. The van der Waals surface area contributed by atoms with E-state index in [0.717, 1.165) is 0 Å². The first kappa shape index (κ1) is 29.2. The molecule has 0 saturated heterocycles. The Morgan fingerprint density at radius 2 is 1.33 bits per heavy atom. The van der Waals surface area contributed by atoms with Crippen molar-refractivity contribution in [1.82, 2.24) is 0 Å². The molecule has 5 aromatic carbocycles. The zero-order valence-electron chi connectivity index (χ0n) is 23.4. The van der Waals surface area contributed by atoms with Crippen LogP contribution in [0.2, 0.25) is 0 Å². The number of hydrogen-bond donors (Lipinski definition) is 2. The van der Waals surface area contributed by atoms with Crippen molar-refractivity contribution in [3.8, 4) is 0 Å². The van der Waals surface area contributed by atoms with Crippen molar-refractivity contribution in [2.75, 3.05) is 10.6 Å². The summed E-state index contributed by atoms with van der Waals surface area (Å²) in [5.41, 5.74) is 2.56. The highest BCUT2D eigenvalue weighted by atomic mass is 32.2. The predicted molar refractivity (Wildman–Crippen MR) is 171 cm³/mol. The van der Waals surface area contributed by atoms with E-state index in [2.05, 4.69) is 10.6 Å². The van der Waals surface area contributed by atoms with Crippen LogP contribution in [0.3, 0.4) is 0 Å². The van der Waals surface area contributed by atoms with Gasteiger partial charge in [0.2, 0.25) is 5.91 Å². The topological polar surface area (TPSA) is 135 Å². The molecular weight excluding hydrogens is 590 g/mol. The number of nitro benzene ring substituents is 1. The molecule has 10 heteroatoms. The number of nitrogens with one attached hydrogen (secondary N) is 2. The van der Waals surface area contributed by atoms with E-state index in [1.807, 2.05) is 30.3 Å². The molecule has 0 aromatic heterocycles. The van der Waals surface area contributed by atoms with E-state index in [0.29, 0.717) is 27.3 Å². The van der Waals surface area contributed by atoms with Gasteiger partial charge >= 0.3 is 0 Å². The fourth-order valence-corrected chi connectivity index (χ4v) is 6.15. The van der Waals surface area contributed by atoms with Crippen molar-refractivity contribution in [2.24, 2.45) is 0 Å². The summed E-state index contributed by atoms with van der Waals surface area (Å²) < 4.78 is 0. The van der Waals surface area contributed by atoms with E-state index in [1.165, 1.54) is 36.0 Å². The minimum Gasteiger partial charge on any atom is -0.324 e. The summed E-state index contributed by atoms with van der Waals surface area (Å²) in [5.74, 6) is -1.47. The molecule has 0 heterocycles. The molecule has 0 radical (unpaired) electrons. The van der Waals surface area contributed by atoms with Gasteiger partial charge in [0, 0.05) is 45.0 Å². The van der Waals surface area contributed by atoms with Crippen LogP contribution in [-0.4, -0.2) is 28.3 Å². The van der Waals surface area contributed by atoms with Gasteiger partial charge in [0.05, 0.1) is 16.2 Å². The third-order valence-electron chi connectivity index (χ3n) is 7.24. The first-order valence-corrected chi connectivity index (χ1v) is 14.7. The minimum absolute atomic E-state index is 0.119. The lowest BCUT2D eigenvalue weighted by atomic mass is 9.83. The van der Waals surface area contributed by atoms with Crippen molar-refractivity contribution in [3.63, 3.8) is 0 Å². The number of non-ortho nitro benzene ring substituents is 1. The third kappa shape index (κ3) is 5.99. The molecule has 1 unspecified atom stereocenters. The maximum absolute atomic E-state index is 13.9. The largest absolute Gasteiger partial charge is 0.324 e. The second-order valence-electron chi connectivity index (χ2n) is 10.1. The Labute approximate surface area is 261 Å². The van der Waals surface area contributed by atoms with Gasteiger partial charge in [-0.3, -0.25) is 29.3 Å². The number of hydrogen-bond acceptors (Lipinski definition) is 7. The molecule has 45 heavy (non-hydrogen) atoms. The van der Waals surface area contributed by atoms with E-state index in [4.69, 9.17) is 0 Å². The number of carbonyl (C=O) groups is 4. The Morgan fingerprint density at radius 3 is 2.04 bits per heavy atom. The van der Waals surface area contributed by atoms with Gasteiger partial charge in [-0.2, -0.15) is 0 Å². The van der Waals surface area contributed by atoms with E-state index < -0.39 is 22.0 Å². The molecule has 0 fully saturated rings. The van der Waals surface area contributed by atoms with Gasteiger partial charge in [0.1, 0.15) is 5.25 Å². The maximum atomic E-state index is 13.9. The standard InChI is InChI=1S/C35H23N3O6S/c39-31-26-12-4-5-13-27(26)32(40)30-28(31)14-7-15-29(30)37-35(42)33(21-8-2-1-3-9-21)45-25-11-6-10-23(20-25)36-34(41)22-16-18-24(19-17-22)38(43)44/h1-20,33H,(H,36,41)(H,37,42). The number of fused-ring (bicyclic) bond motifs is 2. The number of carbonyl (C=O) groups excluding carboxylic acids is 4. The Morgan fingerprint density at radius 1 is 0.689 bits per heavy atom. The minimum atomic E-state index is -0.760. The summed E-state index contributed by atoms with van der Waals surface area (Å²) in [6, 6.07) is 32.8. The number of anilines is 2. The normalized spacial score (nSPS) is 12.4. The lowest BCUT2D eigenvalue weighted by molar-refractivity contribution is -0.384. The molecule has 1 aliphatic carbocycles. The Balaban J connectivity index is 1.26. The Kier molecular flexibility index (Phi) is 8.04. The van der Waals surface area contributed by atoms with Gasteiger partial charge in [-0.25, -0.2) is 0 Å². The molecule has 2 N–H and O–H groups in total. The number of amides is 2. The molecule has 5 aromatic rings. The monoisotopic (exact) mass is 613 g/mol. The molecule has 2 amide bonds. The Hall–Kier alpha value is -5.87. The lowest BCUT2D eigenvalue weighted by Crippen LogP contribution is -2.25. The number of thioether (sulfide) groups is 1. The molecule has 9 nitrogen and oxygen atoms in total. The summed E-state index contributed by atoms with van der Waals surface area (Å²) >= 11 is 1.25. The first-order valence-electron chi connectivity index (χ1n) is 13.8. The second-order valence-corrected chi connectivity index (χ2v) is 11.3. The van der Waals surface area contributed by atoms with Crippen LogP contribution in [0.15, 0.2) is 126 Å². The molecular formula is C35H23N3O6S. The van der Waals surface area contributed by atoms with Crippen LogP contribution >= 0.6 is 11.8 Å². The highest BCUT2D eigenvalue weighted by Crippen LogP contribution is 2.38. The molecule has 6 rings (SSSR count). The molecule has 220 valence electrons. The number of rotatable bonds is 8. The Bertz CT molecular complexity index is 1990. The smallest absolute Gasteiger partial charge is 0.269 e. The summed E-state index contributed by atoms with van der Waals surface area (Å²) in [6.07, 6.45) is 0. The van der Waals surface area contributed by atoms with Crippen LogP contribution in [0.4, 0.5) is 17.1 Å². The van der Waals surface area contributed by atoms with Gasteiger partial charge in [-0.15, -0.1) is 11.8 Å². The van der Waals surface area contributed by atoms with Gasteiger partial charge in [0.15, 0.2) is 11.6 Å². The summed E-state index contributed by atoms with van der Waals surface area (Å²) in [6.45, 7) is 0. The van der Waals surface area contributed by atoms with Crippen molar-refractivity contribution in [1.29, 1.82) is 0 Å². The third-order valence-corrected chi connectivity index (χ3v) is 8.48. The highest BCUT2D eigenvalue weighted by molar-refractivity contribution is 8.00. The number of benzene rings is 5. The van der Waals surface area contributed by atoms with Crippen LogP contribution in [0.5, 0.6) is 0 Å². The maximum Gasteiger partial charge on any atom is 0.269 e. The average molecular weight is 614 g/mol. The molecule has 1 aliphatic rings. The SMILES string of the molecule is O=C(Nc1cccc(SC(C(=O)Nc2cccc3c2C(=O)c2ccccc2C3=O)c2ccccc2)c1)c1ccc([N+](=O)[O-])cc1. The van der Waals surface area contributed by atoms with E-state index in [-0.39, 0.29) is 39.6 Å². The molecule has 0 saturated carbocycles. The van der Waals surface area contributed by atoms with Gasteiger partial charge in [-0.05, 0) is 42.0 Å². The zero-order chi connectivity index (χ0) is 31.5. The van der Waals surface area contributed by atoms with Crippen LogP contribution in [0, 0.1) is 10.1 Å². The van der Waals surface area contributed by atoms with Crippen LogP contribution in [-0.2, 0) is 4.79 Å². The van der Waals surface area contributed by atoms with Crippen LogP contribution in [0.1, 0.15) is 53.0 Å².